The van der Waals surface area contributed by atoms with Gasteiger partial charge in [0, 0.05) is 33.3 Å². The molecule has 14 unspecified atom stereocenters. The lowest BCUT2D eigenvalue weighted by Crippen LogP contribution is -2.43. The van der Waals surface area contributed by atoms with Crippen molar-refractivity contribution in [2.75, 3.05) is 21.3 Å². The average molecular weight is 791 g/mol. The molecule has 6 N–H and O–H groups in total. The largest absolute Gasteiger partial charge is 0.452 e. The van der Waals surface area contributed by atoms with Crippen LogP contribution in [0.5, 0.6) is 0 Å². The maximum absolute atomic E-state index is 13.1. The number of rotatable bonds is 11. The molecule has 2 rings (SSSR count). The van der Waals surface area contributed by atoms with Gasteiger partial charge in [0.25, 0.3) is 0 Å². The van der Waals surface area contributed by atoms with E-state index < -0.39 is 84.6 Å². The standard InChI is InChI=1S/C44H70O12/c1-10-15-35(48)41(53-8)43-44(6,56-43)38(49)20-14-19-37-42(54-9)40(51)31(5)27-30(4)23-25-34(47)36(52-7)18-13-16-28(2)26-29(3)22-24-33(46)32(45)17-11-12-21-39(50)55-37/h11-12,14,17,19,21-28,31-38,40-43,45-49,51H,10,13,15-16,18,20H2,1-9H3. The van der Waals surface area contributed by atoms with E-state index in [2.05, 4.69) is 13.0 Å². The molecule has 0 spiro atoms. The van der Waals surface area contributed by atoms with E-state index in [1.54, 1.807) is 51.3 Å². The minimum Gasteiger partial charge on any atom is -0.452 e. The van der Waals surface area contributed by atoms with Crippen molar-refractivity contribution in [3.05, 3.63) is 84.1 Å². The number of allylic oxidation sites excluding steroid dienone is 7. The second-order valence-corrected chi connectivity index (χ2v) is 15.3. The minimum atomic E-state index is -1.23. The zero-order valence-electron chi connectivity index (χ0n) is 34.8. The van der Waals surface area contributed by atoms with Gasteiger partial charge >= 0.3 is 5.97 Å². The van der Waals surface area contributed by atoms with Crippen molar-refractivity contribution < 1.29 is 59.1 Å². The minimum absolute atomic E-state index is 0.0968. The number of hydrogen-bond acceptors (Lipinski definition) is 12. The van der Waals surface area contributed by atoms with Crippen molar-refractivity contribution >= 4 is 5.97 Å². The van der Waals surface area contributed by atoms with Crippen molar-refractivity contribution in [2.45, 2.75) is 153 Å². The molecule has 0 bridgehead atoms. The number of methoxy groups -OCH3 is 3. The lowest BCUT2D eigenvalue weighted by Gasteiger charge is -2.30. The van der Waals surface area contributed by atoms with Crippen LogP contribution < -0.4 is 0 Å². The molecule has 0 aliphatic carbocycles. The van der Waals surface area contributed by atoms with E-state index in [0.29, 0.717) is 12.8 Å². The van der Waals surface area contributed by atoms with Gasteiger partial charge in [0.1, 0.15) is 42.2 Å². The summed E-state index contributed by atoms with van der Waals surface area (Å²) in [5.41, 5.74) is 0.738. The predicted octanol–water partition coefficient (Wildman–Crippen LogP) is 4.59. The Labute approximate surface area is 334 Å². The van der Waals surface area contributed by atoms with Gasteiger partial charge in [-0.05, 0) is 58.4 Å². The molecule has 318 valence electrons. The van der Waals surface area contributed by atoms with Crippen molar-refractivity contribution in [2.24, 2.45) is 11.8 Å². The lowest BCUT2D eigenvalue weighted by atomic mass is 9.91. The van der Waals surface area contributed by atoms with Crippen molar-refractivity contribution in [3.63, 3.8) is 0 Å². The fourth-order valence-electron chi connectivity index (χ4n) is 6.97. The van der Waals surface area contributed by atoms with Gasteiger partial charge in [0.05, 0.1) is 30.5 Å². The lowest BCUT2D eigenvalue weighted by molar-refractivity contribution is -0.152. The third-order valence-corrected chi connectivity index (χ3v) is 10.5. The summed E-state index contributed by atoms with van der Waals surface area (Å²) in [7, 11) is 4.47. The first-order chi connectivity index (χ1) is 26.5. The second kappa shape index (κ2) is 24.9. The fraction of sp³-hybridized carbons (Fsp3) is 0.659. The van der Waals surface area contributed by atoms with Crippen LogP contribution in [0.4, 0.5) is 0 Å². The normalized spacial score (nSPS) is 35.1. The Morgan fingerprint density at radius 2 is 1.54 bits per heavy atom. The molecule has 12 nitrogen and oxygen atoms in total. The molecule has 0 aromatic rings. The van der Waals surface area contributed by atoms with Gasteiger partial charge in [-0.25, -0.2) is 4.79 Å². The first-order valence-electron chi connectivity index (χ1n) is 19.8. The van der Waals surface area contributed by atoms with Crippen molar-refractivity contribution in [1.82, 2.24) is 0 Å². The number of cyclic esters (lactones) is 1. The highest BCUT2D eigenvalue weighted by Crippen LogP contribution is 2.44. The Bertz CT molecular complexity index is 1380. The fourth-order valence-corrected chi connectivity index (χ4v) is 6.97. The number of epoxide rings is 1. The Kier molecular flexibility index (Phi) is 22.0. The van der Waals surface area contributed by atoms with Crippen LogP contribution in [0.1, 0.15) is 80.1 Å². The summed E-state index contributed by atoms with van der Waals surface area (Å²) < 4.78 is 28.5. The van der Waals surface area contributed by atoms with Crippen LogP contribution in [0.3, 0.4) is 0 Å². The van der Waals surface area contributed by atoms with Gasteiger partial charge in [-0.1, -0.05) is 106 Å². The topological polar surface area (TPSA) is 188 Å². The smallest absolute Gasteiger partial charge is 0.331 e. The highest BCUT2D eigenvalue weighted by Gasteiger charge is 2.61. The maximum atomic E-state index is 13.1. The number of carbonyl (C=O) groups excluding carboxylic acids is 1. The predicted molar refractivity (Wildman–Crippen MR) is 217 cm³/mol. The molecular weight excluding hydrogens is 720 g/mol. The van der Waals surface area contributed by atoms with E-state index in [1.807, 2.05) is 26.8 Å². The zero-order valence-corrected chi connectivity index (χ0v) is 34.8. The van der Waals surface area contributed by atoms with Gasteiger partial charge in [0.15, 0.2) is 0 Å². The summed E-state index contributed by atoms with van der Waals surface area (Å²) in [5.74, 6) is -1.02. The SMILES string of the molecule is CCCC(O)C(OC)C1OC1(C)C(O)CC=CC1OC(=O)C=CC=CC(O)C(O)C=CC(C)=CC(C)CCCC(OC)C(O)C=CC(C)=CC(C)C(O)C1OC. The Balaban J connectivity index is 2.39. The molecule has 12 heteroatoms. The quantitative estimate of drug-likeness (QED) is 0.0973. The molecule has 2 aliphatic rings. The van der Waals surface area contributed by atoms with Crippen LogP contribution in [0, 0.1) is 11.8 Å². The number of carbonyl (C=O) groups is 1. The highest BCUT2D eigenvalue weighted by atomic mass is 16.6. The molecular formula is C44H70O12. The molecule has 0 saturated carbocycles. The van der Waals surface area contributed by atoms with Crippen LogP contribution >= 0.6 is 0 Å². The molecule has 0 amide bonds. The van der Waals surface area contributed by atoms with Gasteiger partial charge < -0.3 is 54.3 Å². The molecule has 0 radical (unpaired) electrons. The van der Waals surface area contributed by atoms with Crippen LogP contribution in [0.25, 0.3) is 0 Å². The highest BCUT2D eigenvalue weighted by molar-refractivity contribution is 5.82. The van der Waals surface area contributed by atoms with E-state index in [4.69, 9.17) is 23.7 Å². The third kappa shape index (κ3) is 15.9. The van der Waals surface area contributed by atoms with E-state index in [-0.39, 0.29) is 12.3 Å². The summed E-state index contributed by atoms with van der Waals surface area (Å²) in [6.45, 7) is 11.4. The third-order valence-electron chi connectivity index (χ3n) is 10.5. The van der Waals surface area contributed by atoms with Crippen molar-refractivity contribution in [1.29, 1.82) is 0 Å². The van der Waals surface area contributed by atoms with E-state index in [0.717, 1.165) is 36.5 Å². The van der Waals surface area contributed by atoms with Crippen LogP contribution in [-0.4, -0.2) is 131 Å². The maximum Gasteiger partial charge on any atom is 0.331 e. The molecule has 1 saturated heterocycles. The summed E-state index contributed by atoms with van der Waals surface area (Å²) in [5, 5.41) is 65.0. The summed E-state index contributed by atoms with van der Waals surface area (Å²) in [6.07, 6.45) is 12.9. The van der Waals surface area contributed by atoms with E-state index in [1.165, 1.54) is 38.5 Å². The zero-order chi connectivity index (χ0) is 42.0. The van der Waals surface area contributed by atoms with Crippen LogP contribution in [0.15, 0.2) is 84.1 Å². The average Bonchev–Trinajstić information content (AvgIpc) is 3.84. The number of aliphatic hydroxyl groups excluding tert-OH is 6. The van der Waals surface area contributed by atoms with Gasteiger partial charge in [0.2, 0.25) is 0 Å². The van der Waals surface area contributed by atoms with Crippen molar-refractivity contribution in [3.8, 4) is 0 Å². The monoisotopic (exact) mass is 790 g/mol. The van der Waals surface area contributed by atoms with Gasteiger partial charge in [-0.15, -0.1) is 0 Å². The first kappa shape index (κ1) is 49.4. The summed E-state index contributed by atoms with van der Waals surface area (Å²) >= 11 is 0. The van der Waals surface area contributed by atoms with Gasteiger partial charge in [-0.2, -0.15) is 0 Å². The Morgan fingerprint density at radius 3 is 2.16 bits per heavy atom. The van der Waals surface area contributed by atoms with Crippen LogP contribution in [-0.2, 0) is 28.5 Å². The molecule has 14 atom stereocenters. The molecule has 56 heavy (non-hydrogen) atoms. The van der Waals surface area contributed by atoms with Crippen LogP contribution in [0.2, 0.25) is 0 Å². The summed E-state index contributed by atoms with van der Waals surface area (Å²) in [4.78, 5) is 13.1. The van der Waals surface area contributed by atoms with E-state index >= 15 is 0 Å². The Morgan fingerprint density at radius 1 is 0.893 bits per heavy atom. The Hall–Kier alpha value is -2.75. The summed E-state index contributed by atoms with van der Waals surface area (Å²) in [6, 6.07) is 0. The number of aliphatic hydroxyl groups is 6. The molecule has 0 aromatic carbocycles. The number of esters is 1. The number of hydrogen-bond donors (Lipinski definition) is 6. The first-order valence-corrected chi connectivity index (χ1v) is 19.8. The van der Waals surface area contributed by atoms with E-state index in [9.17, 15) is 35.4 Å². The number of ether oxygens (including phenoxy) is 5. The molecule has 1 fully saturated rings. The van der Waals surface area contributed by atoms with Gasteiger partial charge in [-0.3, -0.25) is 0 Å². The molecule has 2 aliphatic heterocycles. The molecule has 2 heterocycles. The second-order valence-electron chi connectivity index (χ2n) is 15.3. The molecule has 0 aromatic heterocycles.